The smallest absolute Gasteiger partial charge is 0.259 e. The number of rotatable bonds is 7. The number of hydrogen-bond acceptors (Lipinski definition) is 5. The first-order chi connectivity index (χ1) is 17.5. The number of fused-ring (bicyclic) bond motifs is 1. The number of terminal acetylenes is 1. The van der Waals surface area contributed by atoms with Crippen molar-refractivity contribution >= 4 is 50.1 Å². The molecule has 3 aromatic rings. The van der Waals surface area contributed by atoms with Gasteiger partial charge in [-0.3, -0.25) is 4.79 Å². The number of nitrogens with one attached hydrogen (secondary N) is 1. The molecule has 7 heteroatoms. The number of thiophene rings is 1. The summed E-state index contributed by atoms with van der Waals surface area (Å²) in [6, 6.07) is 11.6. The molecule has 1 amide bonds. The van der Waals surface area contributed by atoms with Crippen molar-refractivity contribution in [3.8, 4) is 23.8 Å². The summed E-state index contributed by atoms with van der Waals surface area (Å²) >= 11 is 5.17. The van der Waals surface area contributed by atoms with E-state index in [4.69, 9.17) is 20.9 Å². The minimum absolute atomic E-state index is 0.109. The normalized spacial score (nSPS) is 13.4. The van der Waals surface area contributed by atoms with E-state index in [0.29, 0.717) is 17.1 Å². The van der Waals surface area contributed by atoms with Gasteiger partial charge in [-0.25, -0.2) is 4.99 Å². The molecular weight excluding hydrogens is 536 g/mol. The van der Waals surface area contributed by atoms with E-state index in [1.54, 1.807) is 24.7 Å². The highest BCUT2D eigenvalue weighted by Gasteiger charge is 2.24. The number of aryl methyl sites for hydroxylation is 2. The molecule has 0 atom stereocenters. The van der Waals surface area contributed by atoms with Gasteiger partial charge in [0.1, 0.15) is 11.6 Å². The van der Waals surface area contributed by atoms with Crippen molar-refractivity contribution in [2.24, 2.45) is 4.99 Å². The lowest BCUT2D eigenvalue weighted by molar-refractivity contribution is 0.102. The molecule has 0 bridgehead atoms. The fraction of sp³-hybridized carbons (Fsp3) is 0.310. The first-order valence-electron chi connectivity index (χ1n) is 12.0. The number of amides is 1. The van der Waals surface area contributed by atoms with Crippen LogP contribution in [0.25, 0.3) is 0 Å². The van der Waals surface area contributed by atoms with Crippen molar-refractivity contribution in [1.29, 1.82) is 0 Å². The molecule has 0 spiro atoms. The van der Waals surface area contributed by atoms with Gasteiger partial charge in [0.05, 0.1) is 17.1 Å². The van der Waals surface area contributed by atoms with E-state index in [1.807, 2.05) is 43.3 Å². The lowest BCUT2D eigenvalue weighted by Crippen LogP contribution is -2.14. The predicted molar refractivity (Wildman–Crippen MR) is 152 cm³/mol. The Morgan fingerprint density at radius 3 is 2.78 bits per heavy atom. The van der Waals surface area contributed by atoms with Crippen LogP contribution in [0.3, 0.4) is 0 Å². The standard InChI is InChI=1S/C29H29BrN2O3S/c1-4-14-35-27-23(30)16-20(17-24(27)34-3)18-31-29-26(22-12-7-5-6-8-13-25(22)36-29)28(33)32-21-11-9-10-19(2)15-21/h1,9-11,15-18H,5-8,12-14H2,2-3H3,(H,32,33). The molecule has 2 aromatic carbocycles. The molecule has 1 N–H and O–H groups in total. The lowest BCUT2D eigenvalue weighted by Gasteiger charge is -2.12. The van der Waals surface area contributed by atoms with Crippen LogP contribution in [0.1, 0.15) is 57.6 Å². The van der Waals surface area contributed by atoms with Crippen LogP contribution in [-0.4, -0.2) is 25.8 Å². The van der Waals surface area contributed by atoms with Gasteiger partial charge < -0.3 is 14.8 Å². The van der Waals surface area contributed by atoms with E-state index in [1.165, 1.54) is 17.7 Å². The number of hydrogen-bond donors (Lipinski definition) is 1. The summed E-state index contributed by atoms with van der Waals surface area (Å²) in [7, 11) is 1.58. The Labute approximate surface area is 225 Å². The van der Waals surface area contributed by atoms with Crippen molar-refractivity contribution < 1.29 is 14.3 Å². The Morgan fingerprint density at radius 1 is 1.22 bits per heavy atom. The Bertz CT molecular complexity index is 1320. The first-order valence-corrected chi connectivity index (χ1v) is 13.6. The fourth-order valence-corrected chi connectivity index (χ4v) is 6.15. The zero-order valence-corrected chi connectivity index (χ0v) is 22.9. The van der Waals surface area contributed by atoms with Crippen molar-refractivity contribution in [1.82, 2.24) is 0 Å². The highest BCUT2D eigenvalue weighted by molar-refractivity contribution is 9.10. The van der Waals surface area contributed by atoms with Crippen LogP contribution >= 0.6 is 27.3 Å². The highest BCUT2D eigenvalue weighted by Crippen LogP contribution is 2.40. The zero-order valence-electron chi connectivity index (χ0n) is 20.5. The number of anilines is 1. The number of carbonyl (C=O) groups is 1. The number of nitrogens with zero attached hydrogens (tertiary/aromatic N) is 1. The second kappa shape index (κ2) is 12.2. The second-order valence-electron chi connectivity index (χ2n) is 8.71. The van der Waals surface area contributed by atoms with Crippen LogP contribution in [0.2, 0.25) is 0 Å². The van der Waals surface area contributed by atoms with Gasteiger partial charge in [-0.2, -0.15) is 0 Å². The molecule has 4 rings (SSSR count). The van der Waals surface area contributed by atoms with Gasteiger partial charge in [-0.05, 0) is 89.5 Å². The average molecular weight is 566 g/mol. The molecule has 1 heterocycles. The quantitative estimate of drug-likeness (QED) is 0.238. The maximum absolute atomic E-state index is 13.5. The van der Waals surface area contributed by atoms with Crippen molar-refractivity contribution in [2.45, 2.75) is 45.4 Å². The van der Waals surface area contributed by atoms with Gasteiger partial charge in [0.15, 0.2) is 11.5 Å². The third-order valence-corrected chi connectivity index (χ3v) is 7.83. The number of halogens is 1. The summed E-state index contributed by atoms with van der Waals surface area (Å²) in [4.78, 5) is 19.6. The molecule has 5 nitrogen and oxygen atoms in total. The molecule has 0 saturated heterocycles. The topological polar surface area (TPSA) is 59.9 Å². The third-order valence-electron chi connectivity index (χ3n) is 6.04. The maximum atomic E-state index is 13.5. The van der Waals surface area contributed by atoms with Crippen molar-refractivity contribution in [2.75, 3.05) is 19.0 Å². The summed E-state index contributed by atoms with van der Waals surface area (Å²) in [5.74, 6) is 3.45. The number of aliphatic imine (C=N–C) groups is 1. The fourth-order valence-electron chi connectivity index (χ4n) is 4.35. The Hall–Kier alpha value is -3.08. The van der Waals surface area contributed by atoms with Crippen LogP contribution in [0, 0.1) is 19.3 Å². The number of ether oxygens (including phenoxy) is 2. The Balaban J connectivity index is 1.70. The molecule has 0 aliphatic heterocycles. The predicted octanol–water partition coefficient (Wildman–Crippen LogP) is 7.50. The average Bonchev–Trinajstić information content (AvgIpc) is 3.18. The third kappa shape index (κ3) is 6.18. The van der Waals surface area contributed by atoms with Crippen LogP contribution in [0.15, 0.2) is 45.9 Å². The molecule has 186 valence electrons. The first kappa shape index (κ1) is 26.0. The molecule has 0 unspecified atom stereocenters. The van der Waals surface area contributed by atoms with Crippen LogP contribution in [0.4, 0.5) is 10.7 Å². The van der Waals surface area contributed by atoms with E-state index >= 15 is 0 Å². The number of carbonyl (C=O) groups excluding carboxylic acids is 1. The lowest BCUT2D eigenvalue weighted by atomic mass is 9.96. The van der Waals surface area contributed by atoms with Gasteiger partial charge in [0.25, 0.3) is 5.91 Å². The summed E-state index contributed by atoms with van der Waals surface area (Å²) in [5, 5.41) is 3.83. The molecular formula is C29H29BrN2O3S. The van der Waals surface area contributed by atoms with E-state index in [9.17, 15) is 4.79 Å². The largest absolute Gasteiger partial charge is 0.493 e. The molecule has 1 aliphatic rings. The van der Waals surface area contributed by atoms with Gasteiger partial charge >= 0.3 is 0 Å². The minimum Gasteiger partial charge on any atom is -0.493 e. The monoisotopic (exact) mass is 564 g/mol. The van der Waals surface area contributed by atoms with Crippen molar-refractivity contribution in [3.05, 3.63) is 68.0 Å². The zero-order chi connectivity index (χ0) is 25.5. The van der Waals surface area contributed by atoms with Gasteiger partial charge in [0.2, 0.25) is 0 Å². The van der Waals surface area contributed by atoms with Crippen LogP contribution in [0.5, 0.6) is 11.5 Å². The van der Waals surface area contributed by atoms with E-state index in [0.717, 1.165) is 57.5 Å². The van der Waals surface area contributed by atoms with Crippen molar-refractivity contribution in [3.63, 3.8) is 0 Å². The molecule has 36 heavy (non-hydrogen) atoms. The summed E-state index contributed by atoms with van der Waals surface area (Å²) < 4.78 is 11.8. The minimum atomic E-state index is -0.109. The summed E-state index contributed by atoms with van der Waals surface area (Å²) in [5.41, 5.74) is 4.54. The molecule has 1 aliphatic carbocycles. The van der Waals surface area contributed by atoms with E-state index < -0.39 is 0 Å². The van der Waals surface area contributed by atoms with E-state index in [-0.39, 0.29) is 12.5 Å². The molecule has 0 fully saturated rings. The SMILES string of the molecule is C#CCOc1c(Br)cc(C=Nc2sc3c(c2C(=O)Nc2cccc(C)c2)CCCCCC3)cc1OC. The molecule has 0 saturated carbocycles. The highest BCUT2D eigenvalue weighted by atomic mass is 79.9. The number of methoxy groups -OCH3 is 1. The van der Waals surface area contributed by atoms with Crippen LogP contribution in [-0.2, 0) is 12.8 Å². The van der Waals surface area contributed by atoms with Gasteiger partial charge in [-0.15, -0.1) is 17.8 Å². The number of benzene rings is 2. The molecule has 0 radical (unpaired) electrons. The summed E-state index contributed by atoms with van der Waals surface area (Å²) in [6.45, 7) is 2.16. The van der Waals surface area contributed by atoms with E-state index in [2.05, 4.69) is 27.2 Å². The summed E-state index contributed by atoms with van der Waals surface area (Å²) in [6.07, 6.45) is 13.6. The van der Waals surface area contributed by atoms with Gasteiger partial charge in [0, 0.05) is 16.8 Å². The second-order valence-corrected chi connectivity index (χ2v) is 10.6. The van der Waals surface area contributed by atoms with Gasteiger partial charge in [-0.1, -0.05) is 30.9 Å². The van der Waals surface area contributed by atoms with Crippen LogP contribution < -0.4 is 14.8 Å². The molecule has 1 aromatic heterocycles. The maximum Gasteiger partial charge on any atom is 0.259 e. The Morgan fingerprint density at radius 2 is 2.03 bits per heavy atom. The Kier molecular flexibility index (Phi) is 8.84.